The molecule has 2 rings (SSSR count). The molecular formula is C25H41N3O4. The molecule has 1 atom stereocenters. The van der Waals surface area contributed by atoms with E-state index in [2.05, 4.69) is 19.2 Å². The molecule has 1 aromatic carbocycles. The zero-order valence-corrected chi connectivity index (χ0v) is 20.5. The average Bonchev–Trinajstić information content (AvgIpc) is 2.97. The maximum atomic E-state index is 12.5. The Morgan fingerprint density at radius 1 is 1.19 bits per heavy atom. The number of amides is 3. The van der Waals surface area contributed by atoms with Gasteiger partial charge in [-0.25, -0.2) is 0 Å². The first-order valence-corrected chi connectivity index (χ1v) is 11.5. The van der Waals surface area contributed by atoms with Crippen molar-refractivity contribution >= 4 is 23.4 Å². The number of carbonyl (C=O) groups excluding carboxylic acids is 3. The van der Waals surface area contributed by atoms with E-state index < -0.39 is 5.54 Å². The predicted octanol–water partition coefficient (Wildman–Crippen LogP) is 3.03. The van der Waals surface area contributed by atoms with Crippen LogP contribution in [-0.4, -0.2) is 41.5 Å². The van der Waals surface area contributed by atoms with Crippen molar-refractivity contribution < 1.29 is 19.5 Å². The van der Waals surface area contributed by atoms with Gasteiger partial charge >= 0.3 is 0 Å². The minimum absolute atomic E-state index is 0.0112. The van der Waals surface area contributed by atoms with Gasteiger partial charge in [0.05, 0.1) is 18.0 Å². The Morgan fingerprint density at radius 2 is 1.78 bits per heavy atom. The number of benzene rings is 1. The molecule has 1 saturated heterocycles. The van der Waals surface area contributed by atoms with Crippen LogP contribution in [0.2, 0.25) is 0 Å². The lowest BCUT2D eigenvalue weighted by molar-refractivity contribution is -0.123. The van der Waals surface area contributed by atoms with Gasteiger partial charge in [0.2, 0.25) is 17.7 Å². The second-order valence-electron chi connectivity index (χ2n) is 9.84. The molecule has 0 spiro atoms. The summed E-state index contributed by atoms with van der Waals surface area (Å²) < 4.78 is 0. The summed E-state index contributed by atoms with van der Waals surface area (Å²) in [6.45, 7) is 12.8. The number of nitrogens with two attached hydrogens (primary N) is 1. The monoisotopic (exact) mass is 447 g/mol. The Morgan fingerprint density at radius 3 is 2.19 bits per heavy atom. The standard InChI is InChI=1S/C20H28N2O4.C5H13N/c1-13(2)16-12-18(25)22(19(16)26)15-7-5-14(6-8-15)11-17(24)21-20(3,4)9-10-23;1-5(2)3-4-6/h5-8,13,16,23H,9-12H2,1-4H3,(H,21,24);5H,3-4,6H2,1-2H3. The summed E-state index contributed by atoms with van der Waals surface area (Å²) in [7, 11) is 0. The Bertz CT molecular complexity index is 757. The van der Waals surface area contributed by atoms with Crippen molar-refractivity contribution in [1.82, 2.24) is 5.32 Å². The van der Waals surface area contributed by atoms with Crippen LogP contribution < -0.4 is 16.0 Å². The van der Waals surface area contributed by atoms with Crippen LogP contribution in [0.4, 0.5) is 5.69 Å². The first kappa shape index (κ1) is 27.8. The van der Waals surface area contributed by atoms with E-state index in [1.54, 1.807) is 24.3 Å². The number of aliphatic hydroxyl groups excluding tert-OH is 1. The molecule has 4 N–H and O–H groups in total. The second-order valence-corrected chi connectivity index (χ2v) is 9.84. The van der Waals surface area contributed by atoms with Gasteiger partial charge in [0, 0.05) is 18.6 Å². The zero-order chi connectivity index (χ0) is 24.5. The summed E-state index contributed by atoms with van der Waals surface area (Å²) in [4.78, 5) is 38.1. The molecule has 7 nitrogen and oxygen atoms in total. The summed E-state index contributed by atoms with van der Waals surface area (Å²) in [5, 5.41) is 11.9. The third-order valence-electron chi connectivity index (χ3n) is 5.50. The quantitative estimate of drug-likeness (QED) is 0.504. The Labute approximate surface area is 192 Å². The van der Waals surface area contributed by atoms with Crippen LogP contribution in [0, 0.1) is 17.8 Å². The van der Waals surface area contributed by atoms with E-state index in [-0.39, 0.29) is 49.0 Å². The van der Waals surface area contributed by atoms with Crippen molar-refractivity contribution in [2.75, 3.05) is 18.1 Å². The lowest BCUT2D eigenvalue weighted by atomic mass is 9.94. The van der Waals surface area contributed by atoms with Crippen LogP contribution in [0.5, 0.6) is 0 Å². The fourth-order valence-corrected chi connectivity index (χ4v) is 3.49. The fraction of sp³-hybridized carbons (Fsp3) is 0.640. The topological polar surface area (TPSA) is 113 Å². The summed E-state index contributed by atoms with van der Waals surface area (Å²) in [5.41, 5.74) is 6.11. The molecule has 0 aliphatic carbocycles. The van der Waals surface area contributed by atoms with Gasteiger partial charge in [0.15, 0.2) is 0 Å². The summed E-state index contributed by atoms with van der Waals surface area (Å²) in [6, 6.07) is 6.94. The van der Waals surface area contributed by atoms with Crippen LogP contribution in [0.3, 0.4) is 0 Å². The van der Waals surface area contributed by atoms with Gasteiger partial charge in [-0.05, 0) is 62.8 Å². The third-order valence-corrected chi connectivity index (χ3v) is 5.50. The minimum Gasteiger partial charge on any atom is -0.396 e. The lowest BCUT2D eigenvalue weighted by Gasteiger charge is -2.25. The largest absolute Gasteiger partial charge is 0.396 e. The molecule has 1 fully saturated rings. The van der Waals surface area contributed by atoms with Crippen molar-refractivity contribution in [1.29, 1.82) is 0 Å². The minimum atomic E-state index is -0.466. The van der Waals surface area contributed by atoms with Crippen LogP contribution in [-0.2, 0) is 20.8 Å². The highest BCUT2D eigenvalue weighted by Gasteiger charge is 2.40. The molecule has 32 heavy (non-hydrogen) atoms. The fourth-order valence-electron chi connectivity index (χ4n) is 3.49. The summed E-state index contributed by atoms with van der Waals surface area (Å²) >= 11 is 0. The highest BCUT2D eigenvalue weighted by atomic mass is 16.3. The van der Waals surface area contributed by atoms with E-state index >= 15 is 0 Å². The number of anilines is 1. The van der Waals surface area contributed by atoms with Gasteiger partial charge in [0.25, 0.3) is 0 Å². The van der Waals surface area contributed by atoms with Crippen molar-refractivity contribution in [3.05, 3.63) is 29.8 Å². The number of rotatable bonds is 9. The van der Waals surface area contributed by atoms with Crippen LogP contribution in [0.15, 0.2) is 24.3 Å². The lowest BCUT2D eigenvalue weighted by Crippen LogP contribution is -2.44. The maximum Gasteiger partial charge on any atom is 0.237 e. The van der Waals surface area contributed by atoms with Crippen molar-refractivity contribution in [2.24, 2.45) is 23.5 Å². The highest BCUT2D eigenvalue weighted by Crippen LogP contribution is 2.30. The molecule has 1 heterocycles. The van der Waals surface area contributed by atoms with E-state index in [4.69, 9.17) is 10.8 Å². The molecule has 3 amide bonds. The number of imide groups is 1. The Balaban J connectivity index is 0.000000751. The number of hydrogen-bond donors (Lipinski definition) is 3. The molecule has 1 aliphatic rings. The molecule has 1 unspecified atom stereocenters. The van der Waals surface area contributed by atoms with Crippen LogP contribution in [0.25, 0.3) is 0 Å². The molecule has 0 bridgehead atoms. The number of carbonyl (C=O) groups is 3. The molecule has 0 aromatic heterocycles. The Kier molecular flexibility index (Phi) is 11.0. The van der Waals surface area contributed by atoms with E-state index in [0.717, 1.165) is 24.4 Å². The number of aliphatic hydroxyl groups is 1. The molecule has 1 aromatic rings. The average molecular weight is 448 g/mol. The van der Waals surface area contributed by atoms with Gasteiger partial charge in [0.1, 0.15) is 0 Å². The van der Waals surface area contributed by atoms with Crippen molar-refractivity contribution in [2.45, 2.75) is 72.8 Å². The first-order valence-electron chi connectivity index (χ1n) is 11.5. The van der Waals surface area contributed by atoms with E-state index in [0.29, 0.717) is 12.1 Å². The summed E-state index contributed by atoms with van der Waals surface area (Å²) in [6.07, 6.45) is 2.08. The third kappa shape index (κ3) is 8.71. The molecule has 1 aliphatic heterocycles. The zero-order valence-electron chi connectivity index (χ0n) is 20.5. The molecule has 180 valence electrons. The molecular weight excluding hydrogens is 406 g/mol. The van der Waals surface area contributed by atoms with E-state index in [9.17, 15) is 14.4 Å². The normalized spacial score (nSPS) is 16.4. The molecule has 0 saturated carbocycles. The van der Waals surface area contributed by atoms with Gasteiger partial charge in [-0.2, -0.15) is 0 Å². The molecule has 0 radical (unpaired) electrons. The summed E-state index contributed by atoms with van der Waals surface area (Å²) in [5.74, 6) is 0.175. The van der Waals surface area contributed by atoms with Crippen LogP contribution in [0.1, 0.15) is 66.4 Å². The van der Waals surface area contributed by atoms with E-state index in [1.807, 2.05) is 27.7 Å². The maximum absolute atomic E-state index is 12.5. The molecule has 7 heteroatoms. The number of nitrogens with zero attached hydrogens (tertiary/aromatic N) is 1. The van der Waals surface area contributed by atoms with Crippen molar-refractivity contribution in [3.63, 3.8) is 0 Å². The first-order chi connectivity index (χ1) is 14.9. The van der Waals surface area contributed by atoms with E-state index in [1.165, 1.54) is 4.90 Å². The van der Waals surface area contributed by atoms with Gasteiger partial charge in [-0.3, -0.25) is 19.3 Å². The number of hydrogen-bond acceptors (Lipinski definition) is 5. The SMILES string of the molecule is CC(C)C1CC(=O)N(c2ccc(CC(=O)NC(C)(C)CCO)cc2)C1=O.CC(C)CCN. The van der Waals surface area contributed by atoms with Crippen LogP contribution >= 0.6 is 0 Å². The number of nitrogens with one attached hydrogen (secondary N) is 1. The predicted molar refractivity (Wildman–Crippen MR) is 128 cm³/mol. The van der Waals surface area contributed by atoms with Gasteiger partial charge in [-0.15, -0.1) is 0 Å². The highest BCUT2D eigenvalue weighted by molar-refractivity contribution is 6.21. The second kappa shape index (κ2) is 12.7. The van der Waals surface area contributed by atoms with Gasteiger partial charge < -0.3 is 16.2 Å². The van der Waals surface area contributed by atoms with Crippen molar-refractivity contribution in [3.8, 4) is 0 Å². The van der Waals surface area contributed by atoms with Gasteiger partial charge in [-0.1, -0.05) is 39.8 Å². The Hall–Kier alpha value is -2.25. The smallest absolute Gasteiger partial charge is 0.237 e.